The first-order valence-corrected chi connectivity index (χ1v) is 9.59. The molecule has 4 aromatic rings. The summed E-state index contributed by atoms with van der Waals surface area (Å²) in [5, 5.41) is 23.5. The fourth-order valence-electron chi connectivity index (χ4n) is 3.27. The summed E-state index contributed by atoms with van der Waals surface area (Å²) in [5.41, 5.74) is 0.470. The van der Waals surface area contributed by atoms with E-state index >= 15 is 0 Å². The molecule has 0 aliphatic carbocycles. The van der Waals surface area contributed by atoms with Crippen molar-refractivity contribution in [2.75, 3.05) is 18.5 Å². The highest BCUT2D eigenvalue weighted by molar-refractivity contribution is 5.95. The first-order chi connectivity index (χ1) is 14.9. The Morgan fingerprint density at radius 1 is 0.903 bits per heavy atom. The molecule has 0 aliphatic rings. The van der Waals surface area contributed by atoms with Gasteiger partial charge in [-0.1, -0.05) is 18.2 Å². The lowest BCUT2D eigenvalue weighted by Gasteiger charge is -2.09. The molecule has 0 spiro atoms. The third kappa shape index (κ3) is 4.47. The van der Waals surface area contributed by atoms with Gasteiger partial charge in [0.15, 0.2) is 5.43 Å². The summed E-state index contributed by atoms with van der Waals surface area (Å²) in [5.74, 6) is -0.972. The molecule has 4 rings (SSSR count). The number of fused-ring (bicyclic) bond motifs is 2. The van der Waals surface area contributed by atoms with Crippen LogP contribution < -0.4 is 15.5 Å². The van der Waals surface area contributed by atoms with E-state index in [-0.39, 0.29) is 17.7 Å². The molecule has 0 radical (unpaired) electrons. The van der Waals surface area contributed by atoms with E-state index < -0.39 is 24.3 Å². The summed E-state index contributed by atoms with van der Waals surface area (Å²) in [6.45, 7) is -0.511. The number of hydrogen-bond donors (Lipinski definition) is 3. The maximum Gasteiger partial charge on any atom is 0.194 e. The monoisotopic (exact) mass is 423 g/mol. The fraction of sp³-hybridized carbons (Fsp3) is 0.125. The standard InChI is InChI=1S/C24H19F2NO4/c25-16-4-8-23(22(26)10-16)27-17-5-7-20-15(9-17)2-1-14-3-6-19(11-21(14)24(20)30)31-13-18(29)12-28/h1-11,18,27-29H,12-13H2. The Morgan fingerprint density at radius 2 is 1.68 bits per heavy atom. The Bertz CT molecular complexity index is 1330. The van der Waals surface area contributed by atoms with Crippen LogP contribution in [-0.4, -0.2) is 29.5 Å². The van der Waals surface area contributed by atoms with Gasteiger partial charge in [0.2, 0.25) is 0 Å². The van der Waals surface area contributed by atoms with Crippen LogP contribution in [0.3, 0.4) is 0 Å². The normalized spacial score (nSPS) is 12.1. The molecule has 31 heavy (non-hydrogen) atoms. The molecular formula is C24H19F2NO4. The van der Waals surface area contributed by atoms with E-state index in [2.05, 4.69) is 5.32 Å². The number of rotatable bonds is 6. The van der Waals surface area contributed by atoms with Crippen molar-refractivity contribution in [3.05, 3.63) is 88.6 Å². The van der Waals surface area contributed by atoms with Gasteiger partial charge in [-0.15, -0.1) is 0 Å². The molecule has 1 atom stereocenters. The molecule has 7 heteroatoms. The van der Waals surface area contributed by atoms with Gasteiger partial charge in [-0.3, -0.25) is 4.79 Å². The van der Waals surface area contributed by atoms with Gasteiger partial charge in [-0.25, -0.2) is 8.78 Å². The van der Waals surface area contributed by atoms with E-state index in [4.69, 9.17) is 9.84 Å². The summed E-state index contributed by atoms with van der Waals surface area (Å²) < 4.78 is 32.5. The molecule has 0 aromatic heterocycles. The van der Waals surface area contributed by atoms with Gasteiger partial charge in [0.1, 0.15) is 30.1 Å². The third-order valence-corrected chi connectivity index (χ3v) is 4.87. The topological polar surface area (TPSA) is 78.8 Å². The van der Waals surface area contributed by atoms with Crippen LogP contribution >= 0.6 is 0 Å². The maximum atomic E-state index is 13.9. The summed E-state index contributed by atoms with van der Waals surface area (Å²) in [6.07, 6.45) is -1.01. The lowest BCUT2D eigenvalue weighted by Crippen LogP contribution is -2.21. The van der Waals surface area contributed by atoms with Gasteiger partial charge in [0, 0.05) is 22.5 Å². The molecule has 4 aromatic carbocycles. The summed E-state index contributed by atoms with van der Waals surface area (Å²) in [4.78, 5) is 13.1. The summed E-state index contributed by atoms with van der Waals surface area (Å²) in [6, 6.07) is 16.9. The Balaban J connectivity index is 1.73. The summed E-state index contributed by atoms with van der Waals surface area (Å²) >= 11 is 0. The smallest absolute Gasteiger partial charge is 0.194 e. The van der Waals surface area contributed by atoms with Crippen molar-refractivity contribution in [3.63, 3.8) is 0 Å². The van der Waals surface area contributed by atoms with Crippen LogP contribution in [0, 0.1) is 11.6 Å². The zero-order valence-electron chi connectivity index (χ0n) is 16.3. The Morgan fingerprint density at radius 3 is 2.45 bits per heavy atom. The van der Waals surface area contributed by atoms with Gasteiger partial charge in [-0.2, -0.15) is 0 Å². The van der Waals surface area contributed by atoms with Crippen molar-refractivity contribution in [2.24, 2.45) is 0 Å². The zero-order valence-corrected chi connectivity index (χ0v) is 16.3. The average Bonchev–Trinajstić information content (AvgIpc) is 2.90. The van der Waals surface area contributed by atoms with Crippen molar-refractivity contribution in [3.8, 4) is 5.75 Å². The molecular weight excluding hydrogens is 404 g/mol. The molecule has 0 bridgehead atoms. The fourth-order valence-corrected chi connectivity index (χ4v) is 3.27. The Kier molecular flexibility index (Phi) is 5.79. The Hall–Kier alpha value is -3.55. The van der Waals surface area contributed by atoms with Gasteiger partial charge < -0.3 is 20.3 Å². The molecule has 1 unspecified atom stereocenters. The van der Waals surface area contributed by atoms with Gasteiger partial charge in [0.05, 0.1) is 12.3 Å². The van der Waals surface area contributed by atoms with E-state index in [9.17, 15) is 18.7 Å². The minimum atomic E-state index is -1.01. The number of halogens is 2. The predicted molar refractivity (Wildman–Crippen MR) is 116 cm³/mol. The van der Waals surface area contributed by atoms with Crippen molar-refractivity contribution < 1.29 is 23.7 Å². The first kappa shape index (κ1) is 20.7. The average molecular weight is 423 g/mol. The molecule has 0 saturated heterocycles. The number of aliphatic hydroxyl groups excluding tert-OH is 2. The third-order valence-electron chi connectivity index (χ3n) is 4.87. The number of aliphatic hydroxyl groups is 2. The maximum absolute atomic E-state index is 13.9. The molecule has 3 N–H and O–H groups in total. The van der Waals surface area contributed by atoms with Crippen LogP contribution in [0.15, 0.2) is 71.5 Å². The van der Waals surface area contributed by atoms with E-state index in [0.717, 1.165) is 12.1 Å². The van der Waals surface area contributed by atoms with Crippen LogP contribution in [0.5, 0.6) is 5.75 Å². The van der Waals surface area contributed by atoms with Gasteiger partial charge >= 0.3 is 0 Å². The molecule has 0 fully saturated rings. The highest BCUT2D eigenvalue weighted by atomic mass is 19.1. The number of benzene rings is 3. The van der Waals surface area contributed by atoms with E-state index in [0.29, 0.717) is 33.0 Å². The van der Waals surface area contributed by atoms with Crippen LogP contribution in [0.25, 0.3) is 21.5 Å². The zero-order chi connectivity index (χ0) is 22.0. The SMILES string of the molecule is O=c1c2ccc(Nc3ccc(F)cc3F)cc2ccc2ccc(OCC(O)CO)cc12. The Labute approximate surface area is 176 Å². The molecule has 5 nitrogen and oxygen atoms in total. The predicted octanol–water partition coefficient (Wildman–Crippen LogP) is 4.11. The molecule has 0 aliphatic heterocycles. The van der Waals surface area contributed by atoms with Crippen LogP contribution in [-0.2, 0) is 0 Å². The number of anilines is 2. The van der Waals surface area contributed by atoms with Crippen molar-refractivity contribution in [1.82, 2.24) is 0 Å². The molecule has 0 saturated carbocycles. The lowest BCUT2D eigenvalue weighted by atomic mass is 10.1. The van der Waals surface area contributed by atoms with Crippen LogP contribution in [0.1, 0.15) is 0 Å². The number of ether oxygens (including phenoxy) is 1. The van der Waals surface area contributed by atoms with Gasteiger partial charge in [0.25, 0.3) is 0 Å². The van der Waals surface area contributed by atoms with E-state index in [1.165, 1.54) is 6.07 Å². The molecule has 158 valence electrons. The minimum absolute atomic E-state index is 0.0924. The van der Waals surface area contributed by atoms with Crippen molar-refractivity contribution in [1.29, 1.82) is 0 Å². The van der Waals surface area contributed by atoms with E-state index in [1.54, 1.807) is 48.5 Å². The van der Waals surface area contributed by atoms with E-state index in [1.807, 2.05) is 0 Å². The first-order valence-electron chi connectivity index (χ1n) is 9.59. The quantitative estimate of drug-likeness (QED) is 0.435. The second-order valence-corrected chi connectivity index (χ2v) is 7.11. The number of nitrogens with one attached hydrogen (secondary N) is 1. The van der Waals surface area contributed by atoms with Crippen molar-refractivity contribution >= 4 is 32.9 Å². The van der Waals surface area contributed by atoms with Crippen LogP contribution in [0.2, 0.25) is 0 Å². The van der Waals surface area contributed by atoms with Crippen LogP contribution in [0.4, 0.5) is 20.2 Å². The molecule has 0 amide bonds. The highest BCUT2D eigenvalue weighted by Gasteiger charge is 2.09. The molecule has 0 heterocycles. The van der Waals surface area contributed by atoms with Crippen molar-refractivity contribution in [2.45, 2.75) is 6.10 Å². The highest BCUT2D eigenvalue weighted by Crippen LogP contribution is 2.25. The second-order valence-electron chi connectivity index (χ2n) is 7.11. The number of hydrogen-bond acceptors (Lipinski definition) is 5. The van der Waals surface area contributed by atoms with Gasteiger partial charge in [-0.05, 0) is 53.2 Å². The second kappa shape index (κ2) is 8.67. The minimum Gasteiger partial charge on any atom is -0.491 e. The largest absolute Gasteiger partial charge is 0.491 e. The summed E-state index contributed by atoms with van der Waals surface area (Å²) in [7, 11) is 0. The lowest BCUT2D eigenvalue weighted by molar-refractivity contribution is 0.0536.